The van der Waals surface area contributed by atoms with E-state index in [2.05, 4.69) is 55.1 Å². The summed E-state index contributed by atoms with van der Waals surface area (Å²) in [6.07, 6.45) is 2.21. The Balaban J connectivity index is 1.62. The summed E-state index contributed by atoms with van der Waals surface area (Å²) < 4.78 is 0. The van der Waals surface area contributed by atoms with Crippen molar-refractivity contribution in [1.29, 1.82) is 0 Å². The molecule has 0 radical (unpaired) electrons. The monoisotopic (exact) mass is 322 g/mol. The average molecular weight is 322 g/mol. The molecule has 1 heterocycles. The first-order chi connectivity index (χ1) is 11.7. The molecule has 0 aliphatic carbocycles. The summed E-state index contributed by atoms with van der Waals surface area (Å²) in [5, 5.41) is 0. The molecule has 3 rings (SSSR count). The van der Waals surface area contributed by atoms with Gasteiger partial charge in [0.25, 0.3) is 5.91 Å². The van der Waals surface area contributed by atoms with Gasteiger partial charge in [-0.1, -0.05) is 43.7 Å². The van der Waals surface area contributed by atoms with Gasteiger partial charge in [0.1, 0.15) is 0 Å². The highest BCUT2D eigenvalue weighted by atomic mass is 16.2. The minimum absolute atomic E-state index is 0.155. The number of para-hydroxylation sites is 1. The maximum atomic E-state index is 12.7. The number of nitrogens with zero attached hydrogens (tertiary/aromatic N) is 2. The molecule has 0 spiro atoms. The predicted molar refractivity (Wildman–Crippen MR) is 99.7 cm³/mol. The fraction of sp³-hybridized carbons (Fsp3) is 0.381. The van der Waals surface area contributed by atoms with E-state index in [0.29, 0.717) is 0 Å². The molecular formula is C21H26N2O. The lowest BCUT2D eigenvalue weighted by Gasteiger charge is -2.36. The van der Waals surface area contributed by atoms with Crippen molar-refractivity contribution in [3.05, 3.63) is 65.2 Å². The molecule has 3 nitrogen and oxygen atoms in total. The van der Waals surface area contributed by atoms with Crippen molar-refractivity contribution in [2.24, 2.45) is 0 Å². The topological polar surface area (TPSA) is 23.6 Å². The van der Waals surface area contributed by atoms with E-state index in [1.54, 1.807) is 0 Å². The fourth-order valence-corrected chi connectivity index (χ4v) is 3.35. The summed E-state index contributed by atoms with van der Waals surface area (Å²) >= 11 is 0. The zero-order chi connectivity index (χ0) is 16.9. The smallest absolute Gasteiger partial charge is 0.253 e. The number of piperazine rings is 1. The highest BCUT2D eigenvalue weighted by Gasteiger charge is 2.22. The Morgan fingerprint density at radius 3 is 2.25 bits per heavy atom. The zero-order valence-corrected chi connectivity index (χ0v) is 14.7. The first-order valence-electron chi connectivity index (χ1n) is 8.88. The number of benzene rings is 2. The molecule has 1 aliphatic heterocycles. The maximum absolute atomic E-state index is 12.7. The molecule has 1 saturated heterocycles. The molecule has 2 aromatic carbocycles. The lowest BCUT2D eigenvalue weighted by Crippen LogP contribution is -2.49. The molecule has 0 bridgehead atoms. The van der Waals surface area contributed by atoms with E-state index < -0.39 is 0 Å². The third-order valence-electron chi connectivity index (χ3n) is 4.76. The fourth-order valence-electron chi connectivity index (χ4n) is 3.35. The molecule has 1 fully saturated rings. The van der Waals surface area contributed by atoms with Crippen LogP contribution in [0, 0.1) is 6.92 Å². The molecule has 0 aromatic heterocycles. The van der Waals surface area contributed by atoms with Crippen molar-refractivity contribution >= 4 is 11.6 Å². The second-order valence-corrected chi connectivity index (χ2v) is 6.51. The third-order valence-corrected chi connectivity index (χ3v) is 4.76. The van der Waals surface area contributed by atoms with Crippen molar-refractivity contribution in [2.75, 3.05) is 31.1 Å². The largest absolute Gasteiger partial charge is 0.368 e. The van der Waals surface area contributed by atoms with E-state index in [1.165, 1.54) is 16.8 Å². The molecular weight excluding hydrogens is 296 g/mol. The second kappa shape index (κ2) is 7.52. The van der Waals surface area contributed by atoms with Gasteiger partial charge in [-0.05, 0) is 42.7 Å². The molecule has 24 heavy (non-hydrogen) atoms. The third kappa shape index (κ3) is 3.61. The second-order valence-electron chi connectivity index (χ2n) is 6.51. The van der Waals surface area contributed by atoms with Crippen LogP contribution >= 0.6 is 0 Å². The van der Waals surface area contributed by atoms with Crippen LogP contribution in [0.2, 0.25) is 0 Å². The Bertz CT molecular complexity index is 685. The number of carbonyl (C=O) groups is 1. The van der Waals surface area contributed by atoms with Crippen LogP contribution in [0.4, 0.5) is 5.69 Å². The standard InChI is InChI=1S/C21H26N2O/c1-3-6-18-9-11-19(12-10-18)21(24)23-15-13-22(14-16-23)20-8-5-4-7-17(20)2/h4-5,7-12H,3,6,13-16H2,1-2H3. The van der Waals surface area contributed by atoms with Gasteiger partial charge in [0, 0.05) is 37.4 Å². The van der Waals surface area contributed by atoms with Gasteiger partial charge in [-0.25, -0.2) is 0 Å². The number of rotatable bonds is 4. The van der Waals surface area contributed by atoms with Crippen molar-refractivity contribution in [1.82, 2.24) is 4.90 Å². The lowest BCUT2D eigenvalue weighted by atomic mass is 10.1. The molecule has 0 N–H and O–H groups in total. The van der Waals surface area contributed by atoms with Gasteiger partial charge < -0.3 is 9.80 Å². The van der Waals surface area contributed by atoms with E-state index in [1.807, 2.05) is 17.0 Å². The van der Waals surface area contributed by atoms with Gasteiger partial charge in [-0.15, -0.1) is 0 Å². The Kier molecular flexibility index (Phi) is 5.19. The van der Waals surface area contributed by atoms with Crippen molar-refractivity contribution in [3.8, 4) is 0 Å². The van der Waals surface area contributed by atoms with Gasteiger partial charge in [0.2, 0.25) is 0 Å². The van der Waals surface area contributed by atoms with Crippen LogP contribution in [-0.2, 0) is 6.42 Å². The van der Waals surface area contributed by atoms with E-state index in [-0.39, 0.29) is 5.91 Å². The van der Waals surface area contributed by atoms with Crippen LogP contribution in [0.3, 0.4) is 0 Å². The Morgan fingerprint density at radius 2 is 1.62 bits per heavy atom. The summed E-state index contributed by atoms with van der Waals surface area (Å²) in [6, 6.07) is 16.6. The first-order valence-corrected chi connectivity index (χ1v) is 8.88. The summed E-state index contributed by atoms with van der Waals surface area (Å²) in [7, 11) is 0. The lowest BCUT2D eigenvalue weighted by molar-refractivity contribution is 0.0747. The number of hydrogen-bond acceptors (Lipinski definition) is 2. The maximum Gasteiger partial charge on any atom is 0.253 e. The van der Waals surface area contributed by atoms with E-state index in [4.69, 9.17) is 0 Å². The van der Waals surface area contributed by atoms with Crippen LogP contribution in [0.1, 0.15) is 34.8 Å². The molecule has 0 atom stereocenters. The summed E-state index contributed by atoms with van der Waals surface area (Å²) in [5.41, 5.74) is 4.69. The number of carbonyl (C=O) groups excluding carboxylic acids is 1. The van der Waals surface area contributed by atoms with Gasteiger partial charge in [0.05, 0.1) is 0 Å². The van der Waals surface area contributed by atoms with Crippen molar-refractivity contribution in [2.45, 2.75) is 26.7 Å². The predicted octanol–water partition coefficient (Wildman–Crippen LogP) is 3.91. The number of hydrogen-bond donors (Lipinski definition) is 0. The van der Waals surface area contributed by atoms with E-state index in [9.17, 15) is 4.79 Å². The summed E-state index contributed by atoms with van der Waals surface area (Å²) in [4.78, 5) is 17.0. The minimum Gasteiger partial charge on any atom is -0.368 e. The van der Waals surface area contributed by atoms with E-state index >= 15 is 0 Å². The number of aryl methyl sites for hydroxylation is 2. The quantitative estimate of drug-likeness (QED) is 0.852. The zero-order valence-electron chi connectivity index (χ0n) is 14.7. The highest BCUT2D eigenvalue weighted by molar-refractivity contribution is 5.94. The molecule has 3 heteroatoms. The van der Waals surface area contributed by atoms with Crippen LogP contribution in [0.5, 0.6) is 0 Å². The van der Waals surface area contributed by atoms with Crippen LogP contribution < -0.4 is 4.90 Å². The van der Waals surface area contributed by atoms with Gasteiger partial charge >= 0.3 is 0 Å². The Hall–Kier alpha value is -2.29. The number of anilines is 1. The van der Waals surface area contributed by atoms with Crippen molar-refractivity contribution in [3.63, 3.8) is 0 Å². The van der Waals surface area contributed by atoms with Crippen LogP contribution in [-0.4, -0.2) is 37.0 Å². The van der Waals surface area contributed by atoms with Gasteiger partial charge in [-0.3, -0.25) is 4.79 Å². The molecule has 1 aliphatic rings. The van der Waals surface area contributed by atoms with Crippen LogP contribution in [0.25, 0.3) is 0 Å². The normalized spacial score (nSPS) is 14.8. The molecule has 0 unspecified atom stereocenters. The minimum atomic E-state index is 0.155. The molecule has 2 aromatic rings. The van der Waals surface area contributed by atoms with Crippen molar-refractivity contribution < 1.29 is 4.79 Å². The molecule has 126 valence electrons. The average Bonchev–Trinajstić information content (AvgIpc) is 2.63. The van der Waals surface area contributed by atoms with Crippen LogP contribution in [0.15, 0.2) is 48.5 Å². The van der Waals surface area contributed by atoms with Gasteiger partial charge in [0.15, 0.2) is 0 Å². The Labute approximate surface area is 144 Å². The highest BCUT2D eigenvalue weighted by Crippen LogP contribution is 2.21. The Morgan fingerprint density at radius 1 is 0.958 bits per heavy atom. The van der Waals surface area contributed by atoms with Gasteiger partial charge in [-0.2, -0.15) is 0 Å². The number of amides is 1. The molecule has 0 saturated carbocycles. The summed E-state index contributed by atoms with van der Waals surface area (Å²) in [6.45, 7) is 7.67. The van der Waals surface area contributed by atoms with E-state index in [0.717, 1.165) is 44.6 Å². The SMILES string of the molecule is CCCc1ccc(C(=O)N2CCN(c3ccccc3C)CC2)cc1. The molecule has 1 amide bonds. The summed E-state index contributed by atoms with van der Waals surface area (Å²) in [5.74, 6) is 0.155. The first kappa shape index (κ1) is 16.6.